The molecule has 0 aliphatic carbocycles. The molecule has 0 saturated carbocycles. The Labute approximate surface area is 179 Å². The van der Waals surface area contributed by atoms with Gasteiger partial charge in [0.15, 0.2) is 16.6 Å². The number of ketones is 1. The zero-order chi connectivity index (χ0) is 21.4. The fourth-order valence-electron chi connectivity index (χ4n) is 3.75. The Morgan fingerprint density at radius 3 is 2.53 bits per heavy atom. The summed E-state index contributed by atoms with van der Waals surface area (Å²) in [5.41, 5.74) is 5.87. The van der Waals surface area contributed by atoms with E-state index in [1.807, 2.05) is 10.5 Å². The lowest BCUT2D eigenvalue weighted by Crippen LogP contribution is -2.06. The molecule has 0 saturated heterocycles. The van der Waals surface area contributed by atoms with Crippen molar-refractivity contribution in [2.24, 2.45) is 0 Å². The van der Waals surface area contributed by atoms with Crippen molar-refractivity contribution < 1.29 is 14.3 Å². The monoisotopic (exact) mass is 421 g/mol. The number of benzene rings is 2. The van der Waals surface area contributed by atoms with Gasteiger partial charge in [0.1, 0.15) is 11.5 Å². The molecule has 0 aliphatic heterocycles. The Balaban J connectivity index is 1.72. The molecule has 0 bridgehead atoms. The van der Waals surface area contributed by atoms with E-state index in [4.69, 9.17) is 9.47 Å². The van der Waals surface area contributed by atoms with E-state index in [-0.39, 0.29) is 11.5 Å². The van der Waals surface area contributed by atoms with Gasteiger partial charge in [0.2, 0.25) is 0 Å². The number of Topliss-reactive ketones (excluding diaryl/α,β-unsaturated/α-hetero) is 1. The van der Waals surface area contributed by atoms with E-state index in [2.05, 4.69) is 43.1 Å². The molecule has 0 atom stereocenters. The van der Waals surface area contributed by atoms with Crippen LogP contribution in [-0.2, 0) is 0 Å². The number of fused-ring (bicyclic) bond motifs is 3. The van der Waals surface area contributed by atoms with Crippen molar-refractivity contribution in [2.75, 3.05) is 20.0 Å². The molecule has 2 aromatic heterocycles. The van der Waals surface area contributed by atoms with Crippen molar-refractivity contribution in [3.63, 3.8) is 0 Å². The van der Waals surface area contributed by atoms with Crippen molar-refractivity contribution >= 4 is 34.1 Å². The van der Waals surface area contributed by atoms with Crippen LogP contribution in [0.5, 0.6) is 11.5 Å². The average Bonchev–Trinajstić information content (AvgIpc) is 3.13. The highest BCUT2D eigenvalue weighted by Gasteiger charge is 2.18. The number of rotatable bonds is 6. The van der Waals surface area contributed by atoms with Gasteiger partial charge >= 0.3 is 0 Å². The van der Waals surface area contributed by atoms with E-state index < -0.39 is 0 Å². The van der Waals surface area contributed by atoms with E-state index in [1.165, 1.54) is 22.7 Å². The zero-order valence-electron chi connectivity index (χ0n) is 17.6. The van der Waals surface area contributed by atoms with Gasteiger partial charge in [0, 0.05) is 5.39 Å². The number of thioether (sulfide) groups is 1. The lowest BCUT2D eigenvalue weighted by atomic mass is 10.0. The fraction of sp³-hybridized carbons (Fsp3) is 0.261. The summed E-state index contributed by atoms with van der Waals surface area (Å²) in [6, 6.07) is 11.6. The Hall–Kier alpha value is -3.06. The van der Waals surface area contributed by atoms with Crippen molar-refractivity contribution in [1.82, 2.24) is 14.6 Å². The van der Waals surface area contributed by atoms with Gasteiger partial charge in [-0.05, 0) is 62.2 Å². The van der Waals surface area contributed by atoms with Gasteiger partial charge in [-0.1, -0.05) is 23.4 Å². The molecule has 2 aromatic carbocycles. The Bertz CT molecular complexity index is 1280. The van der Waals surface area contributed by atoms with Gasteiger partial charge in [-0.25, -0.2) is 0 Å². The molecule has 4 rings (SSSR count). The lowest BCUT2D eigenvalue weighted by Gasteiger charge is -2.12. The Morgan fingerprint density at radius 2 is 1.80 bits per heavy atom. The van der Waals surface area contributed by atoms with Crippen LogP contribution in [0.4, 0.5) is 0 Å². The third kappa shape index (κ3) is 3.50. The number of aromatic nitrogens is 3. The molecule has 154 valence electrons. The number of nitrogens with zero attached hydrogens (tertiary/aromatic N) is 3. The summed E-state index contributed by atoms with van der Waals surface area (Å²) >= 11 is 1.37. The second kappa shape index (κ2) is 7.99. The van der Waals surface area contributed by atoms with Crippen molar-refractivity contribution in [3.05, 3.63) is 58.7 Å². The average molecular weight is 422 g/mol. The number of pyridine rings is 1. The minimum absolute atomic E-state index is 0.0588. The second-order valence-electron chi connectivity index (χ2n) is 7.26. The topological polar surface area (TPSA) is 65.7 Å². The molecule has 0 fully saturated rings. The van der Waals surface area contributed by atoms with Crippen LogP contribution in [0.15, 0.2) is 41.6 Å². The van der Waals surface area contributed by atoms with Crippen LogP contribution in [0, 0.1) is 20.8 Å². The van der Waals surface area contributed by atoms with Gasteiger partial charge in [-0.2, -0.15) is 0 Å². The molecular weight excluding hydrogens is 398 g/mol. The maximum absolute atomic E-state index is 12.9. The Morgan fingerprint density at radius 1 is 1.00 bits per heavy atom. The largest absolute Gasteiger partial charge is 0.497 e. The van der Waals surface area contributed by atoms with Crippen LogP contribution < -0.4 is 9.47 Å². The van der Waals surface area contributed by atoms with Crippen LogP contribution in [0.2, 0.25) is 0 Å². The van der Waals surface area contributed by atoms with Crippen molar-refractivity contribution in [3.8, 4) is 11.5 Å². The highest BCUT2D eigenvalue weighted by Crippen LogP contribution is 2.30. The molecular formula is C23H23N3O3S. The van der Waals surface area contributed by atoms with Gasteiger partial charge in [0.05, 0.1) is 31.1 Å². The molecule has 0 radical (unpaired) electrons. The summed E-state index contributed by atoms with van der Waals surface area (Å²) in [5.74, 6) is 1.30. The van der Waals surface area contributed by atoms with E-state index in [0.29, 0.717) is 22.2 Å². The Kier molecular flexibility index (Phi) is 5.39. The molecule has 0 aliphatic rings. The minimum atomic E-state index is -0.0588. The number of ether oxygens (including phenoxy) is 2. The second-order valence-corrected chi connectivity index (χ2v) is 8.20. The predicted octanol–water partition coefficient (Wildman–Crippen LogP) is 4.80. The summed E-state index contributed by atoms with van der Waals surface area (Å²) in [5, 5.41) is 10.6. The molecule has 0 amide bonds. The number of carbonyl (C=O) groups excluding carboxylic acids is 1. The maximum Gasteiger partial charge on any atom is 0.196 e. The van der Waals surface area contributed by atoms with Crippen molar-refractivity contribution in [1.29, 1.82) is 0 Å². The van der Waals surface area contributed by atoms with Gasteiger partial charge in [0.25, 0.3) is 0 Å². The molecule has 30 heavy (non-hydrogen) atoms. The first-order valence-corrected chi connectivity index (χ1v) is 10.5. The third-order valence-corrected chi connectivity index (χ3v) is 6.07. The van der Waals surface area contributed by atoms with E-state index in [0.717, 1.165) is 22.3 Å². The summed E-state index contributed by atoms with van der Waals surface area (Å²) < 4.78 is 12.6. The molecule has 4 aromatic rings. The summed E-state index contributed by atoms with van der Waals surface area (Å²) in [6.07, 6.45) is 0. The van der Waals surface area contributed by atoms with Crippen LogP contribution in [-0.4, -0.2) is 40.4 Å². The van der Waals surface area contributed by atoms with Gasteiger partial charge in [-0.3, -0.25) is 9.20 Å². The minimum Gasteiger partial charge on any atom is -0.497 e. The smallest absolute Gasteiger partial charge is 0.196 e. The number of methoxy groups -OCH3 is 2. The number of aryl methyl sites for hydroxylation is 3. The predicted molar refractivity (Wildman–Crippen MR) is 119 cm³/mol. The molecule has 7 heteroatoms. The molecule has 0 spiro atoms. The normalized spacial score (nSPS) is 11.2. The third-order valence-electron chi connectivity index (χ3n) is 5.14. The van der Waals surface area contributed by atoms with E-state index in [1.54, 1.807) is 32.4 Å². The van der Waals surface area contributed by atoms with Crippen LogP contribution >= 0.6 is 11.8 Å². The zero-order valence-corrected chi connectivity index (χ0v) is 18.5. The fourth-order valence-corrected chi connectivity index (χ4v) is 4.58. The first kappa shape index (κ1) is 20.2. The lowest BCUT2D eigenvalue weighted by molar-refractivity contribution is 0.101. The molecule has 0 unspecified atom stereocenters. The van der Waals surface area contributed by atoms with Gasteiger partial charge in [-0.15, -0.1) is 10.2 Å². The highest BCUT2D eigenvalue weighted by molar-refractivity contribution is 7.99. The molecule has 0 N–H and O–H groups in total. The number of hydrogen-bond donors (Lipinski definition) is 0. The summed E-state index contributed by atoms with van der Waals surface area (Å²) in [7, 11) is 3.13. The quantitative estimate of drug-likeness (QED) is 0.329. The number of carbonyl (C=O) groups is 1. The maximum atomic E-state index is 12.9. The standard InChI is InChI=1S/C23H23N3O3S/c1-13-8-15(3)22-17(9-13)14(2)10-21-24-25-23(26(21)22)30-12-19(27)18-11-16(28-4)6-7-20(18)29-5/h6-11H,12H2,1-5H3. The SMILES string of the molecule is COc1ccc(OC)c(C(=O)CSc2nnc3cc(C)c4cc(C)cc(C)c4n23)c1. The van der Waals surface area contributed by atoms with Crippen molar-refractivity contribution in [2.45, 2.75) is 25.9 Å². The van der Waals surface area contributed by atoms with Crippen LogP contribution in [0.1, 0.15) is 27.0 Å². The molecule has 2 heterocycles. The number of hydrogen-bond acceptors (Lipinski definition) is 6. The molecule has 6 nitrogen and oxygen atoms in total. The summed E-state index contributed by atoms with van der Waals surface area (Å²) in [6.45, 7) is 6.27. The van der Waals surface area contributed by atoms with E-state index >= 15 is 0 Å². The first-order valence-electron chi connectivity index (χ1n) is 9.56. The highest BCUT2D eigenvalue weighted by atomic mass is 32.2. The summed E-state index contributed by atoms with van der Waals surface area (Å²) in [4.78, 5) is 12.9. The van der Waals surface area contributed by atoms with Gasteiger partial charge < -0.3 is 9.47 Å². The van der Waals surface area contributed by atoms with Crippen LogP contribution in [0.3, 0.4) is 0 Å². The first-order chi connectivity index (χ1) is 14.4. The van der Waals surface area contributed by atoms with Crippen LogP contribution in [0.25, 0.3) is 16.6 Å². The van der Waals surface area contributed by atoms with E-state index in [9.17, 15) is 4.79 Å².